The maximum Gasteiger partial charge on any atom is 0.136 e. The van der Waals surface area contributed by atoms with Gasteiger partial charge in [-0.3, -0.25) is 0 Å². The van der Waals surface area contributed by atoms with Crippen molar-refractivity contribution < 1.29 is 4.74 Å². The summed E-state index contributed by atoms with van der Waals surface area (Å²) in [5, 5.41) is 19.4. The van der Waals surface area contributed by atoms with Crippen molar-refractivity contribution in [2.24, 2.45) is 0 Å². The number of benzene rings is 2. The van der Waals surface area contributed by atoms with E-state index < -0.39 is 0 Å². The smallest absolute Gasteiger partial charge is 0.136 e. The van der Waals surface area contributed by atoms with Crippen molar-refractivity contribution in [1.29, 1.82) is 10.5 Å². The molecule has 0 atom stereocenters. The number of aromatic nitrogens is 1. The first kappa shape index (κ1) is 14.8. The summed E-state index contributed by atoms with van der Waals surface area (Å²) in [4.78, 5) is 0. The summed E-state index contributed by atoms with van der Waals surface area (Å²) in [6.45, 7) is 0.380. The largest absolute Gasteiger partial charge is 0.487 e. The van der Waals surface area contributed by atoms with E-state index in [4.69, 9.17) is 10.00 Å². The Balaban J connectivity index is 1.71. The lowest BCUT2D eigenvalue weighted by atomic mass is 10.1. The van der Waals surface area contributed by atoms with Crippen molar-refractivity contribution in [3.63, 3.8) is 0 Å². The van der Waals surface area contributed by atoms with Crippen LogP contribution in [-0.4, -0.2) is 4.40 Å². The van der Waals surface area contributed by atoms with Crippen molar-refractivity contribution in [3.05, 3.63) is 83.6 Å². The lowest BCUT2D eigenvalue weighted by Gasteiger charge is -2.08. The number of ether oxygens (including phenoxy) is 1. The number of nitriles is 2. The van der Waals surface area contributed by atoms with Crippen LogP contribution in [0.4, 0.5) is 0 Å². The van der Waals surface area contributed by atoms with Crippen LogP contribution < -0.4 is 4.74 Å². The fourth-order valence-electron chi connectivity index (χ4n) is 3.02. The normalized spacial score (nSPS) is 10.5. The van der Waals surface area contributed by atoms with Gasteiger partial charge in [0.15, 0.2) is 0 Å². The van der Waals surface area contributed by atoms with Gasteiger partial charge >= 0.3 is 0 Å². The molecule has 2 aromatic carbocycles. The van der Waals surface area contributed by atoms with Crippen LogP contribution >= 0.6 is 0 Å². The van der Waals surface area contributed by atoms with E-state index in [0.717, 1.165) is 22.0 Å². The molecule has 0 N–H and O–H groups in total. The molecule has 0 bridgehead atoms. The molecular formula is C21H13N3O. The van der Waals surface area contributed by atoms with Crippen LogP contribution in [0.25, 0.3) is 16.4 Å². The number of nitrogens with zero attached hydrogens (tertiary/aromatic N) is 3. The minimum atomic E-state index is 0.380. The van der Waals surface area contributed by atoms with Crippen LogP contribution in [0.1, 0.15) is 16.7 Å². The molecule has 0 aliphatic heterocycles. The molecule has 4 heteroatoms. The van der Waals surface area contributed by atoms with Gasteiger partial charge in [0, 0.05) is 5.39 Å². The number of para-hydroxylation sites is 1. The van der Waals surface area contributed by atoms with Crippen LogP contribution in [0.2, 0.25) is 0 Å². The summed E-state index contributed by atoms with van der Waals surface area (Å²) in [7, 11) is 0. The summed E-state index contributed by atoms with van der Waals surface area (Å²) < 4.78 is 7.86. The summed E-state index contributed by atoms with van der Waals surface area (Å²) in [6.07, 6.45) is 1.90. The van der Waals surface area contributed by atoms with Crippen molar-refractivity contribution in [1.82, 2.24) is 4.40 Å². The molecule has 0 unspecified atom stereocenters. The van der Waals surface area contributed by atoms with Gasteiger partial charge in [0.1, 0.15) is 18.4 Å². The molecule has 2 aromatic heterocycles. The first-order chi connectivity index (χ1) is 12.3. The van der Waals surface area contributed by atoms with Crippen molar-refractivity contribution >= 4 is 16.4 Å². The average Bonchev–Trinajstić information content (AvgIpc) is 2.99. The van der Waals surface area contributed by atoms with Crippen molar-refractivity contribution in [3.8, 4) is 17.9 Å². The third-order valence-electron chi connectivity index (χ3n) is 4.18. The zero-order valence-corrected chi connectivity index (χ0v) is 13.3. The Hall–Kier alpha value is -3.76. The third-order valence-corrected chi connectivity index (χ3v) is 4.18. The van der Waals surface area contributed by atoms with Gasteiger partial charge in [0.25, 0.3) is 0 Å². The molecule has 4 nitrogen and oxygen atoms in total. The third kappa shape index (κ3) is 2.56. The Morgan fingerprint density at radius 3 is 2.60 bits per heavy atom. The number of fused-ring (bicyclic) bond motifs is 3. The van der Waals surface area contributed by atoms with Gasteiger partial charge in [0.05, 0.1) is 34.4 Å². The predicted molar refractivity (Wildman–Crippen MR) is 95.1 cm³/mol. The minimum Gasteiger partial charge on any atom is -0.487 e. The zero-order chi connectivity index (χ0) is 17.2. The van der Waals surface area contributed by atoms with E-state index >= 15 is 0 Å². The fourth-order valence-corrected chi connectivity index (χ4v) is 3.02. The van der Waals surface area contributed by atoms with Gasteiger partial charge in [-0.1, -0.05) is 30.3 Å². The standard InChI is InChI=1S/C21H13N3O/c22-11-15-4-3-5-16(10-15)14-25-17-8-9-21-19(12-23)18-6-1-2-7-20(18)24(21)13-17/h1-10,13H,14H2. The molecule has 0 fully saturated rings. The zero-order valence-electron chi connectivity index (χ0n) is 13.3. The molecule has 0 aliphatic rings. The molecule has 118 valence electrons. The Bertz CT molecular complexity index is 1180. The van der Waals surface area contributed by atoms with Gasteiger partial charge in [-0.25, -0.2) is 0 Å². The second-order valence-corrected chi connectivity index (χ2v) is 5.72. The first-order valence-electron chi connectivity index (χ1n) is 7.85. The van der Waals surface area contributed by atoms with Gasteiger partial charge in [-0.2, -0.15) is 10.5 Å². The number of pyridine rings is 1. The second kappa shape index (κ2) is 6.03. The van der Waals surface area contributed by atoms with E-state index in [0.29, 0.717) is 23.5 Å². The van der Waals surface area contributed by atoms with E-state index in [2.05, 4.69) is 12.1 Å². The van der Waals surface area contributed by atoms with E-state index in [-0.39, 0.29) is 0 Å². The number of hydrogen-bond acceptors (Lipinski definition) is 3. The highest BCUT2D eigenvalue weighted by Crippen LogP contribution is 2.28. The highest BCUT2D eigenvalue weighted by molar-refractivity contribution is 5.95. The van der Waals surface area contributed by atoms with E-state index in [1.54, 1.807) is 6.07 Å². The van der Waals surface area contributed by atoms with E-state index in [9.17, 15) is 5.26 Å². The number of rotatable bonds is 3. The van der Waals surface area contributed by atoms with Gasteiger partial charge in [-0.15, -0.1) is 0 Å². The SMILES string of the molecule is N#Cc1cccc(COc2ccc3c(C#N)c4ccccc4n3c2)c1. The second-order valence-electron chi connectivity index (χ2n) is 5.72. The van der Waals surface area contributed by atoms with E-state index in [1.165, 1.54) is 0 Å². The van der Waals surface area contributed by atoms with Crippen LogP contribution in [0.5, 0.6) is 5.75 Å². The van der Waals surface area contributed by atoms with Crippen molar-refractivity contribution in [2.75, 3.05) is 0 Å². The molecule has 0 radical (unpaired) electrons. The summed E-state index contributed by atoms with van der Waals surface area (Å²) in [6, 6.07) is 23.4. The predicted octanol–water partition coefficient (Wildman–Crippen LogP) is 4.41. The Morgan fingerprint density at radius 1 is 0.880 bits per heavy atom. The molecule has 0 amide bonds. The maximum absolute atomic E-state index is 9.47. The summed E-state index contributed by atoms with van der Waals surface area (Å²) >= 11 is 0. The molecule has 4 aromatic rings. The van der Waals surface area contributed by atoms with Crippen LogP contribution in [-0.2, 0) is 6.61 Å². The molecule has 2 heterocycles. The van der Waals surface area contributed by atoms with Gasteiger partial charge in [-0.05, 0) is 35.9 Å². The molecule has 4 rings (SSSR count). The molecule has 0 spiro atoms. The average molecular weight is 323 g/mol. The monoisotopic (exact) mass is 323 g/mol. The molecule has 0 saturated heterocycles. The van der Waals surface area contributed by atoms with Crippen LogP contribution in [0.15, 0.2) is 66.9 Å². The first-order valence-corrected chi connectivity index (χ1v) is 7.85. The number of hydrogen-bond donors (Lipinski definition) is 0. The fraction of sp³-hybridized carbons (Fsp3) is 0.0476. The van der Waals surface area contributed by atoms with Crippen LogP contribution in [0.3, 0.4) is 0 Å². The van der Waals surface area contributed by atoms with Gasteiger partial charge in [0.2, 0.25) is 0 Å². The molecule has 0 aliphatic carbocycles. The lowest BCUT2D eigenvalue weighted by molar-refractivity contribution is 0.305. The molecule has 0 saturated carbocycles. The summed E-state index contributed by atoms with van der Waals surface area (Å²) in [5.41, 5.74) is 4.07. The highest BCUT2D eigenvalue weighted by atomic mass is 16.5. The lowest BCUT2D eigenvalue weighted by Crippen LogP contribution is -1.97. The summed E-state index contributed by atoms with van der Waals surface area (Å²) in [5.74, 6) is 0.708. The van der Waals surface area contributed by atoms with Crippen LogP contribution in [0, 0.1) is 22.7 Å². The molecular weight excluding hydrogens is 310 g/mol. The topological polar surface area (TPSA) is 61.2 Å². The Labute approximate surface area is 144 Å². The Kier molecular flexibility index (Phi) is 3.57. The van der Waals surface area contributed by atoms with Crippen molar-refractivity contribution in [2.45, 2.75) is 6.61 Å². The quantitative estimate of drug-likeness (QED) is 0.561. The molecule has 25 heavy (non-hydrogen) atoms. The minimum absolute atomic E-state index is 0.380. The Morgan fingerprint density at radius 2 is 1.76 bits per heavy atom. The van der Waals surface area contributed by atoms with E-state index in [1.807, 2.05) is 65.2 Å². The highest BCUT2D eigenvalue weighted by Gasteiger charge is 2.11. The maximum atomic E-state index is 9.47. The van der Waals surface area contributed by atoms with Gasteiger partial charge < -0.3 is 9.14 Å².